The maximum Gasteiger partial charge on any atom is 0.328 e. The molecule has 0 aliphatic carbocycles. The number of carbonyl (C=O) groups excluding carboxylic acids is 1. The highest BCUT2D eigenvalue weighted by molar-refractivity contribution is 6.08. The van der Waals surface area contributed by atoms with Gasteiger partial charge in [0.2, 0.25) is 5.88 Å². The monoisotopic (exact) mass is 364 g/mol. The number of benzene rings is 2. The Labute approximate surface area is 153 Å². The van der Waals surface area contributed by atoms with E-state index in [1.807, 2.05) is 24.0 Å². The molecule has 0 unspecified atom stereocenters. The van der Waals surface area contributed by atoms with Gasteiger partial charge >= 0.3 is 5.69 Å². The van der Waals surface area contributed by atoms with Crippen LogP contribution in [0.5, 0.6) is 5.88 Å². The number of rotatable bonds is 4. The standard InChI is InChI=1S/C19H16N4O4/c1-11-6-8-12(9-7-11)21-16(24)13-4-2-3-5-15(13)20-10-14-17(25)22-19(27)23-18(14)26/h2-10H,1H3,(H,21,24)(H3,22,23,25,26,27). The van der Waals surface area contributed by atoms with E-state index in [4.69, 9.17) is 0 Å². The Bertz CT molecular complexity index is 1130. The van der Waals surface area contributed by atoms with Crippen molar-refractivity contribution in [1.82, 2.24) is 9.97 Å². The number of aliphatic imine (C=N–C) groups is 1. The molecule has 0 aliphatic heterocycles. The van der Waals surface area contributed by atoms with Gasteiger partial charge in [0.15, 0.2) is 0 Å². The molecule has 0 saturated heterocycles. The summed E-state index contributed by atoms with van der Waals surface area (Å²) in [6.45, 7) is 1.95. The lowest BCUT2D eigenvalue weighted by atomic mass is 10.1. The molecular weight excluding hydrogens is 348 g/mol. The number of hydrogen-bond acceptors (Lipinski definition) is 5. The zero-order valence-corrected chi connectivity index (χ0v) is 14.3. The van der Waals surface area contributed by atoms with Crippen LogP contribution in [0.4, 0.5) is 11.4 Å². The van der Waals surface area contributed by atoms with Crippen LogP contribution < -0.4 is 16.6 Å². The highest BCUT2D eigenvalue weighted by atomic mass is 16.3. The Morgan fingerprint density at radius 2 is 1.78 bits per heavy atom. The van der Waals surface area contributed by atoms with Crippen LogP contribution in [0.15, 0.2) is 63.1 Å². The molecule has 0 spiro atoms. The van der Waals surface area contributed by atoms with Crippen molar-refractivity contribution in [2.24, 2.45) is 4.99 Å². The first-order valence-corrected chi connectivity index (χ1v) is 8.01. The van der Waals surface area contributed by atoms with Crippen LogP contribution in [-0.4, -0.2) is 27.2 Å². The maximum atomic E-state index is 12.6. The molecule has 1 amide bonds. The van der Waals surface area contributed by atoms with E-state index in [1.54, 1.807) is 36.4 Å². The highest BCUT2D eigenvalue weighted by Crippen LogP contribution is 2.21. The summed E-state index contributed by atoms with van der Waals surface area (Å²) in [7, 11) is 0. The van der Waals surface area contributed by atoms with E-state index in [2.05, 4.69) is 15.3 Å². The SMILES string of the molecule is Cc1ccc(NC(=O)c2ccccc2N=Cc2c(O)[nH]c(=O)[nH]c2=O)cc1. The molecule has 0 atom stereocenters. The summed E-state index contributed by atoms with van der Waals surface area (Å²) in [5.74, 6) is -0.972. The summed E-state index contributed by atoms with van der Waals surface area (Å²) in [5, 5.41) is 12.5. The van der Waals surface area contributed by atoms with Crippen molar-refractivity contribution >= 4 is 23.5 Å². The van der Waals surface area contributed by atoms with Gasteiger partial charge in [0, 0.05) is 11.9 Å². The van der Waals surface area contributed by atoms with Gasteiger partial charge in [0.25, 0.3) is 11.5 Å². The van der Waals surface area contributed by atoms with Crippen LogP contribution >= 0.6 is 0 Å². The summed E-state index contributed by atoms with van der Waals surface area (Å²) in [5.41, 5.74) is 0.460. The number of H-pyrrole nitrogens is 2. The molecule has 0 saturated carbocycles. The van der Waals surface area contributed by atoms with E-state index >= 15 is 0 Å². The predicted octanol–water partition coefficient (Wildman–Crippen LogP) is 2.08. The molecule has 3 aromatic rings. The lowest BCUT2D eigenvalue weighted by molar-refractivity contribution is 0.102. The third-order valence-corrected chi connectivity index (χ3v) is 3.75. The van der Waals surface area contributed by atoms with Crippen molar-refractivity contribution in [2.75, 3.05) is 5.32 Å². The van der Waals surface area contributed by atoms with Gasteiger partial charge in [-0.3, -0.25) is 24.5 Å². The summed E-state index contributed by atoms with van der Waals surface area (Å²) >= 11 is 0. The van der Waals surface area contributed by atoms with Crippen molar-refractivity contribution in [2.45, 2.75) is 6.92 Å². The van der Waals surface area contributed by atoms with Crippen molar-refractivity contribution in [3.05, 3.63) is 86.1 Å². The van der Waals surface area contributed by atoms with Gasteiger partial charge in [0.1, 0.15) is 5.56 Å². The summed E-state index contributed by atoms with van der Waals surface area (Å²) in [6.07, 6.45) is 1.09. The number of carbonyl (C=O) groups is 1. The fourth-order valence-electron chi connectivity index (χ4n) is 2.35. The van der Waals surface area contributed by atoms with E-state index in [0.717, 1.165) is 11.8 Å². The second kappa shape index (κ2) is 7.52. The molecule has 136 valence electrons. The molecule has 3 rings (SSSR count). The molecule has 8 heteroatoms. The van der Waals surface area contributed by atoms with Gasteiger partial charge in [-0.05, 0) is 31.2 Å². The number of anilines is 1. The third kappa shape index (κ3) is 4.18. The number of nitrogens with one attached hydrogen (secondary N) is 3. The number of aromatic amines is 2. The van der Waals surface area contributed by atoms with Crippen molar-refractivity contribution in [3.63, 3.8) is 0 Å². The fraction of sp³-hybridized carbons (Fsp3) is 0.0526. The minimum Gasteiger partial charge on any atom is -0.494 e. The number of amides is 1. The van der Waals surface area contributed by atoms with Crippen LogP contribution in [0.1, 0.15) is 21.5 Å². The first-order chi connectivity index (χ1) is 12.9. The number of para-hydroxylation sites is 1. The number of hydrogen-bond donors (Lipinski definition) is 4. The number of aromatic hydroxyl groups is 1. The Morgan fingerprint density at radius 1 is 1.07 bits per heavy atom. The molecule has 0 aliphatic rings. The molecular formula is C19H16N4O4. The van der Waals surface area contributed by atoms with E-state index in [9.17, 15) is 19.5 Å². The normalized spacial score (nSPS) is 10.9. The maximum absolute atomic E-state index is 12.6. The van der Waals surface area contributed by atoms with E-state index < -0.39 is 17.1 Å². The van der Waals surface area contributed by atoms with Crippen molar-refractivity contribution < 1.29 is 9.90 Å². The van der Waals surface area contributed by atoms with Crippen LogP contribution in [0.25, 0.3) is 0 Å². The van der Waals surface area contributed by atoms with E-state index in [1.165, 1.54) is 0 Å². The second-order valence-electron chi connectivity index (χ2n) is 5.77. The minimum absolute atomic E-state index is 0.219. The first kappa shape index (κ1) is 17.9. The summed E-state index contributed by atoms with van der Waals surface area (Å²) in [6, 6.07) is 13.9. The molecule has 4 N–H and O–H groups in total. The molecule has 1 heterocycles. The Morgan fingerprint density at radius 3 is 2.48 bits per heavy atom. The third-order valence-electron chi connectivity index (χ3n) is 3.75. The average molecular weight is 364 g/mol. The molecule has 2 aromatic carbocycles. The Hall–Kier alpha value is -3.94. The molecule has 0 fully saturated rings. The number of nitrogens with zero attached hydrogens (tertiary/aromatic N) is 1. The average Bonchev–Trinajstić information content (AvgIpc) is 2.63. The van der Waals surface area contributed by atoms with E-state index in [0.29, 0.717) is 11.4 Å². The molecule has 27 heavy (non-hydrogen) atoms. The van der Waals surface area contributed by atoms with Gasteiger partial charge in [-0.1, -0.05) is 29.8 Å². The lowest BCUT2D eigenvalue weighted by Gasteiger charge is -2.08. The Balaban J connectivity index is 1.90. The number of aromatic nitrogens is 2. The first-order valence-electron chi connectivity index (χ1n) is 8.01. The summed E-state index contributed by atoms with van der Waals surface area (Å²) < 4.78 is 0. The topological polar surface area (TPSA) is 127 Å². The highest BCUT2D eigenvalue weighted by Gasteiger charge is 2.11. The second-order valence-corrected chi connectivity index (χ2v) is 5.77. The number of aryl methyl sites for hydroxylation is 1. The van der Waals surface area contributed by atoms with Crippen LogP contribution in [0.3, 0.4) is 0 Å². The van der Waals surface area contributed by atoms with E-state index in [-0.39, 0.29) is 17.0 Å². The molecule has 0 radical (unpaired) electrons. The van der Waals surface area contributed by atoms with Gasteiger partial charge in [0.05, 0.1) is 11.3 Å². The van der Waals surface area contributed by atoms with Crippen LogP contribution in [-0.2, 0) is 0 Å². The van der Waals surface area contributed by atoms with Crippen LogP contribution in [0, 0.1) is 6.92 Å². The smallest absolute Gasteiger partial charge is 0.328 e. The van der Waals surface area contributed by atoms with Gasteiger partial charge < -0.3 is 10.4 Å². The Kier molecular flexibility index (Phi) is 4.98. The van der Waals surface area contributed by atoms with Gasteiger partial charge in [-0.25, -0.2) is 4.79 Å². The minimum atomic E-state index is -0.826. The molecule has 8 nitrogen and oxygen atoms in total. The fourth-order valence-corrected chi connectivity index (χ4v) is 2.35. The lowest BCUT2D eigenvalue weighted by Crippen LogP contribution is -2.24. The zero-order valence-electron chi connectivity index (χ0n) is 14.3. The largest absolute Gasteiger partial charge is 0.494 e. The quantitative estimate of drug-likeness (QED) is 0.529. The molecule has 1 aromatic heterocycles. The van der Waals surface area contributed by atoms with Crippen LogP contribution in [0.2, 0.25) is 0 Å². The predicted molar refractivity (Wildman–Crippen MR) is 102 cm³/mol. The van der Waals surface area contributed by atoms with Crippen molar-refractivity contribution in [3.8, 4) is 5.88 Å². The zero-order chi connectivity index (χ0) is 19.4. The molecule has 0 bridgehead atoms. The van der Waals surface area contributed by atoms with Gasteiger partial charge in [-0.2, -0.15) is 0 Å². The summed E-state index contributed by atoms with van der Waals surface area (Å²) in [4.78, 5) is 43.6. The van der Waals surface area contributed by atoms with Gasteiger partial charge in [-0.15, -0.1) is 0 Å². The van der Waals surface area contributed by atoms with Crippen molar-refractivity contribution in [1.29, 1.82) is 0 Å².